The summed E-state index contributed by atoms with van der Waals surface area (Å²) >= 11 is 0. The van der Waals surface area contributed by atoms with E-state index in [1.165, 1.54) is 32.3 Å². The zero-order chi connectivity index (χ0) is 26.2. The molecule has 1 aliphatic carbocycles. The highest BCUT2D eigenvalue weighted by atomic mass is 14.8. The average molecular weight is 512 g/mol. The molecular weight excluding hydrogens is 488 g/mol. The third kappa shape index (κ3) is 2.96. The second kappa shape index (κ2) is 8.01. The van der Waals surface area contributed by atoms with Gasteiger partial charge in [-0.15, -0.1) is 0 Å². The number of nitrogens with one attached hydrogen (secondary N) is 3. The van der Waals surface area contributed by atoms with Crippen molar-refractivity contribution < 1.29 is 0 Å². The van der Waals surface area contributed by atoms with Crippen LogP contribution >= 0.6 is 0 Å². The molecule has 0 saturated heterocycles. The quantitative estimate of drug-likeness (QED) is 0.253. The first-order valence-electron chi connectivity index (χ1n) is 13.6. The van der Waals surface area contributed by atoms with Gasteiger partial charge in [-0.3, -0.25) is 0 Å². The molecule has 0 amide bonds. The average Bonchev–Trinajstić information content (AvgIpc) is 3.75. The second-order valence-corrected chi connectivity index (χ2v) is 10.4. The van der Waals surface area contributed by atoms with Crippen molar-refractivity contribution in [3.05, 3.63) is 152 Å². The van der Waals surface area contributed by atoms with Crippen LogP contribution in [0.15, 0.2) is 96.0 Å². The molecule has 9 rings (SSSR count). The summed E-state index contributed by atoms with van der Waals surface area (Å²) in [6.07, 6.45) is 17.3. The number of H-pyrrole nitrogens is 3. The summed E-state index contributed by atoms with van der Waals surface area (Å²) in [6, 6.07) is 25.7. The molecule has 2 aliphatic heterocycles. The van der Waals surface area contributed by atoms with Crippen LogP contribution < -0.4 is 21.3 Å². The summed E-state index contributed by atoms with van der Waals surface area (Å²) in [5.74, 6) is 0. The third-order valence-electron chi connectivity index (χ3n) is 8.24. The number of aromatic amines is 3. The van der Waals surface area contributed by atoms with Crippen molar-refractivity contribution in [2.45, 2.75) is 0 Å². The fourth-order valence-electron chi connectivity index (χ4n) is 6.39. The molecule has 3 aliphatic rings. The van der Waals surface area contributed by atoms with Crippen molar-refractivity contribution in [3.63, 3.8) is 0 Å². The molecule has 3 N–H and O–H groups in total. The standard InChI is InChI=1S/C36H23N4/c1-5-13-25-21(9-1)29-17-18-30-23-11-3-7-15-27(23)35(39-30)36-28-16-8-4-12-24(28)32(40-36)20-19-31-22-10-2-6-14-26(22)34(38-31)33(25)37-29/h1-20,37-39H/q+1. The van der Waals surface area contributed by atoms with Crippen molar-refractivity contribution >= 4 is 57.3 Å². The van der Waals surface area contributed by atoms with Crippen LogP contribution in [-0.2, 0) is 0 Å². The lowest BCUT2D eigenvalue weighted by Gasteiger charge is -1.99. The van der Waals surface area contributed by atoms with Crippen LogP contribution in [0.3, 0.4) is 0 Å². The van der Waals surface area contributed by atoms with E-state index in [4.69, 9.17) is 4.99 Å². The van der Waals surface area contributed by atoms with Gasteiger partial charge in [-0.05, 0) is 18.2 Å². The molecule has 0 radical (unpaired) electrons. The van der Waals surface area contributed by atoms with Gasteiger partial charge >= 0.3 is 0 Å². The zero-order valence-corrected chi connectivity index (χ0v) is 21.5. The Kier molecular flexibility index (Phi) is 4.30. The number of benzene rings is 3. The predicted octanol–water partition coefficient (Wildman–Crippen LogP) is 4.41. The number of rotatable bonds is 0. The van der Waals surface area contributed by atoms with Crippen LogP contribution in [0.5, 0.6) is 0 Å². The van der Waals surface area contributed by atoms with Gasteiger partial charge in [0.1, 0.15) is 16.6 Å². The molecular formula is C36H23N4+. The summed E-state index contributed by atoms with van der Waals surface area (Å²) < 4.78 is 0. The largest absolute Gasteiger partial charge is 0.353 e. The van der Waals surface area contributed by atoms with Crippen molar-refractivity contribution in [2.75, 3.05) is 0 Å². The smallest absolute Gasteiger partial charge is 0.130 e. The molecule has 3 aromatic carbocycles. The lowest BCUT2D eigenvalue weighted by atomic mass is 10.0. The van der Waals surface area contributed by atoms with E-state index in [-0.39, 0.29) is 0 Å². The Morgan fingerprint density at radius 2 is 1.23 bits per heavy atom. The molecule has 8 bridgehead atoms. The summed E-state index contributed by atoms with van der Waals surface area (Å²) in [5.41, 5.74) is 6.47. The molecule has 0 unspecified atom stereocenters. The highest BCUT2D eigenvalue weighted by molar-refractivity contribution is 6.19. The van der Waals surface area contributed by atoms with Gasteiger partial charge in [0.15, 0.2) is 0 Å². The molecule has 0 spiro atoms. The minimum atomic E-state index is 0.960. The molecule has 4 nitrogen and oxygen atoms in total. The van der Waals surface area contributed by atoms with E-state index in [0.717, 1.165) is 55.0 Å². The fraction of sp³-hybridized carbons (Fsp3) is 0. The Labute approximate surface area is 228 Å². The molecule has 40 heavy (non-hydrogen) atoms. The number of hydrogen-bond donors (Lipinski definition) is 3. The first kappa shape index (κ1) is 21.5. The topological polar surface area (TPSA) is 59.7 Å². The lowest BCUT2D eigenvalue weighted by Crippen LogP contribution is -2.13. The SMILES string of the molecule is C1=C[CH+]c2c3[nH]c(c2=C1)=c1[nH]c(c2ccccc12)=CC=c1[nH]c(c2ccccc12)=C1N=C(C=C3)c2ccccc21. The Morgan fingerprint density at radius 1 is 0.575 bits per heavy atom. The summed E-state index contributed by atoms with van der Waals surface area (Å²) in [4.78, 5) is 16.5. The fourth-order valence-corrected chi connectivity index (χ4v) is 6.39. The van der Waals surface area contributed by atoms with E-state index in [0.29, 0.717) is 0 Å². The van der Waals surface area contributed by atoms with Crippen LogP contribution in [0.25, 0.3) is 51.5 Å². The number of aromatic nitrogens is 3. The second-order valence-electron chi connectivity index (χ2n) is 10.4. The van der Waals surface area contributed by atoms with Crippen molar-refractivity contribution in [1.29, 1.82) is 0 Å². The van der Waals surface area contributed by atoms with E-state index in [1.54, 1.807) is 0 Å². The summed E-state index contributed by atoms with van der Waals surface area (Å²) in [5, 5.41) is 11.3. The predicted molar refractivity (Wildman–Crippen MR) is 164 cm³/mol. The van der Waals surface area contributed by atoms with Crippen molar-refractivity contribution in [1.82, 2.24) is 15.0 Å². The maximum Gasteiger partial charge on any atom is 0.130 e. The monoisotopic (exact) mass is 511 g/mol. The number of fused-ring (bicyclic) bond motifs is 19. The zero-order valence-electron chi connectivity index (χ0n) is 21.5. The van der Waals surface area contributed by atoms with Gasteiger partial charge in [0, 0.05) is 74.1 Å². The Morgan fingerprint density at radius 3 is 2.00 bits per heavy atom. The third-order valence-corrected chi connectivity index (χ3v) is 8.24. The van der Waals surface area contributed by atoms with E-state index >= 15 is 0 Å². The minimum absolute atomic E-state index is 0.960. The molecule has 6 aromatic rings. The van der Waals surface area contributed by atoms with Gasteiger partial charge in [-0.25, -0.2) is 4.99 Å². The van der Waals surface area contributed by atoms with E-state index in [9.17, 15) is 0 Å². The van der Waals surface area contributed by atoms with Gasteiger partial charge in [0.25, 0.3) is 0 Å². The van der Waals surface area contributed by atoms with Crippen LogP contribution in [-0.4, -0.2) is 20.7 Å². The van der Waals surface area contributed by atoms with Crippen molar-refractivity contribution in [3.8, 4) is 0 Å². The van der Waals surface area contributed by atoms with Crippen LogP contribution in [0, 0.1) is 17.1 Å². The van der Waals surface area contributed by atoms with Crippen LogP contribution in [0.4, 0.5) is 0 Å². The number of aliphatic imine (C=N–C) groups is 1. The highest BCUT2D eigenvalue weighted by Gasteiger charge is 2.22. The van der Waals surface area contributed by atoms with Gasteiger partial charge in [-0.1, -0.05) is 72.8 Å². The first-order valence-corrected chi connectivity index (χ1v) is 13.6. The molecule has 186 valence electrons. The summed E-state index contributed by atoms with van der Waals surface area (Å²) in [6.45, 7) is 0. The Hall–Kier alpha value is -5.48. The van der Waals surface area contributed by atoms with E-state index in [1.807, 2.05) is 0 Å². The molecule has 5 heterocycles. The van der Waals surface area contributed by atoms with Crippen molar-refractivity contribution in [2.24, 2.45) is 4.99 Å². The lowest BCUT2D eigenvalue weighted by molar-refractivity contribution is 1.19. The molecule has 4 heteroatoms. The van der Waals surface area contributed by atoms with Gasteiger partial charge < -0.3 is 15.0 Å². The van der Waals surface area contributed by atoms with Crippen LogP contribution in [0.2, 0.25) is 0 Å². The summed E-state index contributed by atoms with van der Waals surface area (Å²) in [7, 11) is 0. The highest BCUT2D eigenvalue weighted by Crippen LogP contribution is 2.28. The normalized spacial score (nSPS) is 14.7. The van der Waals surface area contributed by atoms with Gasteiger partial charge in [0.2, 0.25) is 0 Å². The minimum Gasteiger partial charge on any atom is -0.353 e. The van der Waals surface area contributed by atoms with Gasteiger partial charge in [-0.2, -0.15) is 0 Å². The van der Waals surface area contributed by atoms with E-state index in [2.05, 4.69) is 137 Å². The molecule has 0 saturated carbocycles. The molecule has 0 atom stereocenters. The number of allylic oxidation sites excluding steroid dienone is 3. The molecule has 0 fully saturated rings. The number of nitrogens with zero attached hydrogens (tertiary/aromatic N) is 1. The molecule has 3 aromatic heterocycles. The van der Waals surface area contributed by atoms with Crippen LogP contribution in [0.1, 0.15) is 22.4 Å². The Balaban J connectivity index is 1.52. The maximum absolute atomic E-state index is 5.22. The van der Waals surface area contributed by atoms with Gasteiger partial charge in [0.05, 0.1) is 27.3 Å². The number of hydrogen-bond acceptors (Lipinski definition) is 1. The first-order chi connectivity index (χ1) is 19.8. The maximum atomic E-state index is 5.22. The Bertz CT molecular complexity index is 2510. The van der Waals surface area contributed by atoms with E-state index < -0.39 is 0 Å².